The van der Waals surface area contributed by atoms with E-state index in [1.54, 1.807) is 19.2 Å². The Hall–Kier alpha value is -3.50. The zero-order valence-electron chi connectivity index (χ0n) is 15.9. The number of hydrogen-bond donors (Lipinski definition) is 0. The van der Waals surface area contributed by atoms with Crippen LogP contribution in [0.1, 0.15) is 24.8 Å². The van der Waals surface area contributed by atoms with Gasteiger partial charge < -0.3 is 14.1 Å². The highest BCUT2D eigenvalue weighted by Gasteiger charge is 2.32. The van der Waals surface area contributed by atoms with Crippen LogP contribution in [0.25, 0.3) is 11.5 Å². The van der Waals surface area contributed by atoms with Crippen molar-refractivity contribution in [2.45, 2.75) is 32.5 Å². The van der Waals surface area contributed by atoms with Gasteiger partial charge in [-0.05, 0) is 29.8 Å². The normalized spacial score (nSPS) is 18.4. The quantitative estimate of drug-likeness (QED) is 0.658. The molecular weight excluding hydrogens is 381 g/mol. The molecule has 29 heavy (non-hydrogen) atoms. The third-order valence-corrected chi connectivity index (χ3v) is 5.06. The number of ether oxygens (including phenoxy) is 1. The van der Waals surface area contributed by atoms with Crippen LogP contribution in [0.5, 0.6) is 0 Å². The molecule has 0 spiro atoms. The van der Waals surface area contributed by atoms with E-state index in [2.05, 4.69) is 20.4 Å². The van der Waals surface area contributed by atoms with Crippen molar-refractivity contribution in [3.05, 3.63) is 35.5 Å². The molecule has 150 valence electrons. The number of rotatable bonds is 4. The summed E-state index contributed by atoms with van der Waals surface area (Å²) in [5.41, 5.74) is 1.41. The fourth-order valence-electron chi connectivity index (χ4n) is 3.49. The number of nitrogens with zero attached hydrogens (tertiary/aromatic N) is 7. The Balaban J connectivity index is 1.36. The predicted octanol–water partition coefficient (Wildman–Crippen LogP) is 2.26. The molecule has 1 amide bonds. The van der Waals surface area contributed by atoms with E-state index in [0.717, 1.165) is 0 Å². The van der Waals surface area contributed by atoms with Gasteiger partial charge in [-0.15, -0.1) is 5.10 Å². The summed E-state index contributed by atoms with van der Waals surface area (Å²) in [6, 6.07) is 4.54. The number of cyclic esters (lactones) is 1. The number of benzene rings is 1. The van der Waals surface area contributed by atoms with Gasteiger partial charge in [0.05, 0.1) is 37.9 Å². The number of anilines is 2. The van der Waals surface area contributed by atoms with Crippen molar-refractivity contribution in [1.82, 2.24) is 25.2 Å². The summed E-state index contributed by atoms with van der Waals surface area (Å²) in [5, 5.41) is 12.0. The Kier molecular flexibility index (Phi) is 3.96. The van der Waals surface area contributed by atoms with Crippen LogP contribution in [0.4, 0.5) is 20.8 Å². The summed E-state index contributed by atoms with van der Waals surface area (Å²) in [4.78, 5) is 21.1. The third-order valence-electron chi connectivity index (χ3n) is 5.06. The first kappa shape index (κ1) is 17.6. The van der Waals surface area contributed by atoms with Crippen molar-refractivity contribution in [1.29, 1.82) is 0 Å². The van der Waals surface area contributed by atoms with Crippen LogP contribution in [0.3, 0.4) is 0 Å². The zero-order chi connectivity index (χ0) is 20.1. The molecule has 0 bridgehead atoms. The third kappa shape index (κ3) is 2.98. The van der Waals surface area contributed by atoms with E-state index in [0.29, 0.717) is 49.1 Å². The molecule has 1 aromatic carbocycles. The molecule has 2 aliphatic rings. The minimum Gasteiger partial charge on any atom is -0.444 e. The number of fused-ring (bicyclic) bond motifs is 1. The number of aromatic nitrogens is 5. The van der Waals surface area contributed by atoms with E-state index in [4.69, 9.17) is 9.15 Å². The Morgan fingerprint density at radius 2 is 2.17 bits per heavy atom. The predicted molar refractivity (Wildman–Crippen MR) is 98.5 cm³/mol. The van der Waals surface area contributed by atoms with Gasteiger partial charge in [0.15, 0.2) is 0 Å². The van der Waals surface area contributed by atoms with Crippen LogP contribution in [-0.4, -0.2) is 43.9 Å². The largest absolute Gasteiger partial charge is 0.444 e. The lowest BCUT2D eigenvalue weighted by Crippen LogP contribution is -2.24. The second-order valence-corrected chi connectivity index (χ2v) is 7.01. The van der Waals surface area contributed by atoms with Crippen molar-refractivity contribution in [2.24, 2.45) is 7.05 Å². The topological polar surface area (TPSA) is 102 Å². The molecule has 11 heteroatoms. The van der Waals surface area contributed by atoms with Crippen molar-refractivity contribution < 1.29 is 18.3 Å². The molecule has 0 unspecified atom stereocenters. The minimum atomic E-state index is -0.511. The number of halogens is 1. The van der Waals surface area contributed by atoms with Crippen molar-refractivity contribution in [3.8, 4) is 11.5 Å². The average Bonchev–Trinajstić information content (AvgIpc) is 3.44. The standard InChI is InChI=1S/C18H18FN7O3/c1-3-11-7-26(18(27)28-11)10-4-5-12(13(19)6-10)16-20-14-8-25(9-15(14)29-16)17-21-23-24(2)22-17/h4-6,11H,3,7-9H2,1-2H3/t11-/m0/s1. The van der Waals surface area contributed by atoms with Gasteiger partial charge in [0.25, 0.3) is 5.95 Å². The van der Waals surface area contributed by atoms with Gasteiger partial charge in [-0.3, -0.25) is 4.90 Å². The fraction of sp³-hybridized carbons (Fsp3) is 0.389. The fourth-order valence-corrected chi connectivity index (χ4v) is 3.49. The molecule has 2 aliphatic heterocycles. The van der Waals surface area contributed by atoms with E-state index >= 15 is 0 Å². The Labute approximate surface area is 164 Å². The molecular formula is C18H18FN7O3. The van der Waals surface area contributed by atoms with Gasteiger partial charge in [0.2, 0.25) is 5.89 Å². The van der Waals surface area contributed by atoms with E-state index < -0.39 is 11.9 Å². The van der Waals surface area contributed by atoms with E-state index in [-0.39, 0.29) is 17.6 Å². The van der Waals surface area contributed by atoms with Crippen LogP contribution >= 0.6 is 0 Å². The van der Waals surface area contributed by atoms with Crippen molar-refractivity contribution >= 4 is 17.7 Å². The number of carbonyl (C=O) groups excluding carboxylic acids is 1. The minimum absolute atomic E-state index is 0.174. The maximum absolute atomic E-state index is 14.8. The second-order valence-electron chi connectivity index (χ2n) is 7.01. The highest BCUT2D eigenvalue weighted by molar-refractivity contribution is 5.90. The number of oxazole rings is 1. The SMILES string of the molecule is CC[C@H]1CN(c2ccc(-c3nc4c(o3)CN(c3nnn(C)n3)C4)c(F)c2)C(=O)O1. The Bertz CT molecular complexity index is 1070. The summed E-state index contributed by atoms with van der Waals surface area (Å²) >= 11 is 0. The molecule has 5 rings (SSSR count). The summed E-state index contributed by atoms with van der Waals surface area (Å²) in [6.07, 6.45) is 0.0784. The Morgan fingerprint density at radius 1 is 1.31 bits per heavy atom. The number of tetrazole rings is 1. The maximum Gasteiger partial charge on any atom is 0.414 e. The molecule has 0 aliphatic carbocycles. The molecule has 0 N–H and O–H groups in total. The molecule has 0 radical (unpaired) electrons. The summed E-state index contributed by atoms with van der Waals surface area (Å²) in [7, 11) is 1.69. The van der Waals surface area contributed by atoms with Gasteiger partial charge >= 0.3 is 6.09 Å². The van der Waals surface area contributed by atoms with Crippen LogP contribution in [0.2, 0.25) is 0 Å². The number of hydrogen-bond acceptors (Lipinski definition) is 8. The molecule has 1 saturated heterocycles. The number of aryl methyl sites for hydroxylation is 1. The van der Waals surface area contributed by atoms with Crippen molar-refractivity contribution in [3.63, 3.8) is 0 Å². The van der Waals surface area contributed by atoms with Gasteiger partial charge in [-0.1, -0.05) is 12.0 Å². The van der Waals surface area contributed by atoms with Gasteiger partial charge in [0.1, 0.15) is 23.4 Å². The molecule has 10 nitrogen and oxygen atoms in total. The molecule has 2 aromatic heterocycles. The molecule has 0 saturated carbocycles. The monoisotopic (exact) mass is 399 g/mol. The van der Waals surface area contributed by atoms with Crippen LogP contribution in [0.15, 0.2) is 22.6 Å². The molecule has 1 atom stereocenters. The smallest absolute Gasteiger partial charge is 0.414 e. The van der Waals surface area contributed by atoms with Crippen molar-refractivity contribution in [2.75, 3.05) is 16.3 Å². The van der Waals surface area contributed by atoms with Crippen LogP contribution in [0, 0.1) is 5.82 Å². The highest BCUT2D eigenvalue weighted by Crippen LogP contribution is 2.33. The second kappa shape index (κ2) is 6.54. The lowest BCUT2D eigenvalue weighted by atomic mass is 10.1. The molecule has 4 heterocycles. The van der Waals surface area contributed by atoms with E-state index in [1.165, 1.54) is 15.8 Å². The zero-order valence-corrected chi connectivity index (χ0v) is 15.9. The maximum atomic E-state index is 14.8. The highest BCUT2D eigenvalue weighted by atomic mass is 19.1. The van der Waals surface area contributed by atoms with Gasteiger partial charge in [0, 0.05) is 0 Å². The van der Waals surface area contributed by atoms with Gasteiger partial charge in [-0.2, -0.15) is 4.80 Å². The van der Waals surface area contributed by atoms with Gasteiger partial charge in [-0.25, -0.2) is 14.2 Å². The summed E-state index contributed by atoms with van der Waals surface area (Å²) in [5.74, 6) is 0.828. The van der Waals surface area contributed by atoms with Crippen LogP contribution in [-0.2, 0) is 24.9 Å². The molecule has 3 aromatic rings. The summed E-state index contributed by atoms with van der Waals surface area (Å²) < 4.78 is 25.8. The van der Waals surface area contributed by atoms with E-state index in [9.17, 15) is 9.18 Å². The lowest BCUT2D eigenvalue weighted by molar-refractivity contribution is 0.139. The number of carbonyl (C=O) groups is 1. The Morgan fingerprint density at radius 3 is 2.83 bits per heavy atom. The van der Waals surface area contributed by atoms with E-state index in [1.807, 2.05) is 11.8 Å². The first-order chi connectivity index (χ1) is 14.0. The first-order valence-electron chi connectivity index (χ1n) is 9.27. The number of amides is 1. The molecule has 1 fully saturated rings. The average molecular weight is 399 g/mol. The lowest BCUT2D eigenvalue weighted by Gasteiger charge is -2.14. The van der Waals surface area contributed by atoms with Crippen LogP contribution < -0.4 is 9.80 Å². The first-order valence-corrected chi connectivity index (χ1v) is 9.27. The summed E-state index contributed by atoms with van der Waals surface area (Å²) in [6.45, 7) is 3.25.